The Hall–Kier alpha value is -6.67. The van der Waals surface area contributed by atoms with Crippen molar-refractivity contribution in [1.82, 2.24) is 25.9 Å². The first-order valence-corrected chi connectivity index (χ1v) is 18.0. The molecule has 6 amide bonds. The predicted octanol–water partition coefficient (Wildman–Crippen LogP) is 3.22. The molecule has 3 atom stereocenters. The maximum Gasteiger partial charge on any atom is 0.443 e. The summed E-state index contributed by atoms with van der Waals surface area (Å²) in [6.45, 7) is 7.14. The zero-order valence-electron chi connectivity index (χ0n) is 32.9. The summed E-state index contributed by atoms with van der Waals surface area (Å²) in [6, 6.07) is 3.59. The zero-order chi connectivity index (χ0) is 43.7. The summed E-state index contributed by atoms with van der Waals surface area (Å²) in [4.78, 5) is 116. The lowest BCUT2D eigenvalue weighted by Gasteiger charge is -2.32. The molecular formula is C37H49N5O16. The molecule has 1 aromatic carbocycles. The highest BCUT2D eigenvalue weighted by atomic mass is 16.7. The van der Waals surface area contributed by atoms with Crippen LogP contribution in [0.25, 0.3) is 11.3 Å². The van der Waals surface area contributed by atoms with Gasteiger partial charge in [0, 0.05) is 12.6 Å². The lowest BCUT2D eigenvalue weighted by molar-refractivity contribution is -0.172. The first kappa shape index (κ1) is 47.5. The number of imide groups is 1. The lowest BCUT2D eigenvalue weighted by Crippen LogP contribution is -2.50. The molecule has 0 radical (unpaired) electrons. The Morgan fingerprint density at radius 1 is 0.897 bits per heavy atom. The van der Waals surface area contributed by atoms with Gasteiger partial charge in [-0.25, -0.2) is 24.1 Å². The van der Waals surface area contributed by atoms with Crippen molar-refractivity contribution in [2.24, 2.45) is 5.92 Å². The van der Waals surface area contributed by atoms with Crippen molar-refractivity contribution in [1.29, 1.82) is 0 Å². The molecule has 0 bridgehead atoms. The number of unbranched alkanes of at least 4 members (excludes halogenated alkanes) is 2. The molecule has 0 saturated carbocycles. The number of hydrogen-bond acceptors (Lipinski definition) is 13. The van der Waals surface area contributed by atoms with Crippen LogP contribution in [0.1, 0.15) is 94.1 Å². The van der Waals surface area contributed by atoms with E-state index in [4.69, 9.17) is 28.9 Å². The van der Waals surface area contributed by atoms with E-state index in [1.165, 1.54) is 24.3 Å². The van der Waals surface area contributed by atoms with Crippen LogP contribution in [0.15, 0.2) is 34.7 Å². The van der Waals surface area contributed by atoms with Crippen LogP contribution in [0.5, 0.6) is 5.75 Å². The molecule has 0 unspecified atom stereocenters. The number of ether oxygens (including phenoxy) is 2. The van der Waals surface area contributed by atoms with E-state index in [2.05, 4.69) is 10.6 Å². The van der Waals surface area contributed by atoms with Crippen LogP contribution in [0.4, 0.5) is 9.59 Å². The lowest BCUT2D eigenvalue weighted by atomic mass is 9.90. The zero-order valence-corrected chi connectivity index (χ0v) is 32.9. The van der Waals surface area contributed by atoms with E-state index in [1.54, 1.807) is 27.7 Å². The molecular weight excluding hydrogens is 770 g/mol. The van der Waals surface area contributed by atoms with Crippen LogP contribution in [-0.4, -0.2) is 118 Å². The Kier molecular flexibility index (Phi) is 18.1. The molecule has 0 aliphatic carbocycles. The van der Waals surface area contributed by atoms with Crippen molar-refractivity contribution in [2.45, 2.75) is 90.8 Å². The number of carboxylic acids is 3. The molecule has 21 heteroatoms. The molecule has 1 heterocycles. The number of nitrogens with one attached hydrogen (secondary N) is 3. The van der Waals surface area contributed by atoms with Crippen molar-refractivity contribution in [3.63, 3.8) is 0 Å². The van der Waals surface area contributed by atoms with E-state index in [0.717, 1.165) is 26.0 Å². The summed E-state index contributed by atoms with van der Waals surface area (Å²) in [5.74, 6) is -8.33. The number of rotatable bonds is 22. The Balaban J connectivity index is 2.20. The number of carboxylic acid groups (broad SMARTS) is 3. The summed E-state index contributed by atoms with van der Waals surface area (Å²) in [5.41, 5.74) is -1.03. The highest BCUT2D eigenvalue weighted by Gasteiger charge is 2.35. The van der Waals surface area contributed by atoms with Crippen LogP contribution >= 0.6 is 0 Å². The first-order valence-electron chi connectivity index (χ1n) is 18.0. The number of carbonyl (C=O) groups excluding carboxylic acids is 6. The van der Waals surface area contributed by atoms with E-state index < -0.39 is 91.1 Å². The average Bonchev–Trinajstić information content (AvgIpc) is 3.65. The van der Waals surface area contributed by atoms with Gasteiger partial charge in [0.25, 0.3) is 11.8 Å². The number of carbonyl (C=O) groups is 9. The number of furan rings is 1. The van der Waals surface area contributed by atoms with Gasteiger partial charge < -0.3 is 50.0 Å². The molecule has 6 N–H and O–H groups in total. The van der Waals surface area contributed by atoms with Crippen molar-refractivity contribution >= 4 is 54.2 Å². The van der Waals surface area contributed by atoms with Gasteiger partial charge in [-0.2, -0.15) is 5.06 Å². The largest absolute Gasteiger partial charge is 0.481 e. The number of nitrogens with zero attached hydrogens (tertiary/aromatic N) is 2. The molecule has 1 aromatic heterocycles. The summed E-state index contributed by atoms with van der Waals surface area (Å²) in [5, 5.41) is 35.2. The summed E-state index contributed by atoms with van der Waals surface area (Å²) in [6.07, 6.45) is -0.359. The normalized spacial score (nSPS) is 12.4. The van der Waals surface area contributed by atoms with E-state index >= 15 is 0 Å². The van der Waals surface area contributed by atoms with Gasteiger partial charge in [-0.3, -0.25) is 24.0 Å². The van der Waals surface area contributed by atoms with Gasteiger partial charge in [0.15, 0.2) is 12.4 Å². The molecule has 0 aliphatic rings. The second-order valence-electron chi connectivity index (χ2n) is 13.7. The number of hydroxylamine groups is 2. The van der Waals surface area contributed by atoms with Crippen molar-refractivity contribution in [3.05, 3.63) is 41.7 Å². The van der Waals surface area contributed by atoms with Gasteiger partial charge >= 0.3 is 30.1 Å². The summed E-state index contributed by atoms with van der Waals surface area (Å²) >= 11 is 0. The first-order chi connectivity index (χ1) is 27.2. The fourth-order valence-corrected chi connectivity index (χ4v) is 5.26. The minimum Gasteiger partial charge on any atom is -0.481 e. The van der Waals surface area contributed by atoms with Crippen molar-refractivity contribution < 1.29 is 77.2 Å². The number of benzene rings is 1. The van der Waals surface area contributed by atoms with Crippen LogP contribution in [0, 0.1) is 5.92 Å². The fraction of sp³-hybridized carbons (Fsp3) is 0.486. The molecule has 0 spiro atoms. The van der Waals surface area contributed by atoms with Gasteiger partial charge in [0.1, 0.15) is 23.2 Å². The van der Waals surface area contributed by atoms with Crippen LogP contribution in [0.2, 0.25) is 0 Å². The monoisotopic (exact) mass is 819 g/mol. The standard InChI is InChI=1S/C37H49N5O16/c1-7-9-10-11-22(25(8-2)42(20-43)58-36(54)41(6)35(53)57-37(3,4)5)31(48)38-19-39-33(50)27-15-14-26(56-27)21-12-13-23(28(16-21)55-18-30(46)47)32(49)40-24(34(51)52)17-29(44)45/h12-16,20,22,24-25H,7-11,17-19H2,1-6H3,(H,38,48)(H,39,50)(H,40,49)(H,44,45)(H,46,47)(H,51,52)/t22-,24+,25-/m1/s1. The Morgan fingerprint density at radius 3 is 2.16 bits per heavy atom. The van der Waals surface area contributed by atoms with Gasteiger partial charge in [0.2, 0.25) is 12.3 Å². The maximum atomic E-state index is 13.5. The molecule has 0 saturated heterocycles. The topological polar surface area (TPSA) is 298 Å². The molecule has 58 heavy (non-hydrogen) atoms. The predicted molar refractivity (Wildman–Crippen MR) is 199 cm³/mol. The van der Waals surface area contributed by atoms with Crippen LogP contribution in [-0.2, 0) is 33.5 Å². The Bertz CT molecular complexity index is 1820. The smallest absolute Gasteiger partial charge is 0.443 e. The van der Waals surface area contributed by atoms with E-state index in [0.29, 0.717) is 16.4 Å². The molecule has 318 valence electrons. The third kappa shape index (κ3) is 14.8. The highest BCUT2D eigenvalue weighted by Crippen LogP contribution is 2.29. The Morgan fingerprint density at radius 2 is 1.59 bits per heavy atom. The molecule has 0 fully saturated rings. The van der Waals surface area contributed by atoms with E-state index in [9.17, 15) is 48.3 Å². The molecule has 2 aromatic rings. The third-order valence-electron chi connectivity index (χ3n) is 8.08. The second-order valence-corrected chi connectivity index (χ2v) is 13.7. The minimum absolute atomic E-state index is 0.0539. The van der Waals surface area contributed by atoms with Gasteiger partial charge in [-0.1, -0.05) is 39.2 Å². The second kappa shape index (κ2) is 22.2. The van der Waals surface area contributed by atoms with Crippen molar-refractivity contribution in [2.75, 3.05) is 20.3 Å². The van der Waals surface area contributed by atoms with Crippen LogP contribution < -0.4 is 20.7 Å². The molecule has 2 rings (SSSR count). The van der Waals surface area contributed by atoms with Crippen molar-refractivity contribution in [3.8, 4) is 17.1 Å². The number of aliphatic carboxylic acids is 3. The molecule has 21 nitrogen and oxygen atoms in total. The van der Waals surface area contributed by atoms with Gasteiger partial charge in [-0.15, -0.1) is 0 Å². The third-order valence-corrected chi connectivity index (χ3v) is 8.08. The van der Waals surface area contributed by atoms with Crippen LogP contribution in [0.3, 0.4) is 0 Å². The SMILES string of the molecule is CCCCC[C@@H](C(=O)NCNC(=O)c1ccc(-c2ccc(C(=O)N[C@@H](CC(=O)O)C(=O)O)c(OCC(=O)O)c2)o1)[C@@H](CC)N(C=O)OC(=O)N(C)C(=O)OC(C)(C)C. The minimum atomic E-state index is -1.80. The summed E-state index contributed by atoms with van der Waals surface area (Å²) in [7, 11) is 1.11. The van der Waals surface area contributed by atoms with E-state index in [1.807, 2.05) is 12.2 Å². The summed E-state index contributed by atoms with van der Waals surface area (Å²) < 4.78 is 16.0. The van der Waals surface area contributed by atoms with E-state index in [-0.39, 0.29) is 47.6 Å². The maximum absolute atomic E-state index is 13.5. The quantitative estimate of drug-likeness (QED) is 0.0430. The fourth-order valence-electron chi connectivity index (χ4n) is 5.26. The van der Waals surface area contributed by atoms with Gasteiger partial charge in [-0.05, 0) is 57.9 Å². The number of amides is 6. The molecule has 0 aliphatic heterocycles. The average molecular weight is 820 g/mol. The van der Waals surface area contributed by atoms with Gasteiger partial charge in [0.05, 0.1) is 30.6 Å². The highest BCUT2D eigenvalue weighted by molar-refractivity contribution is 6.00. The Labute approximate surface area is 332 Å². The number of hydrogen-bond donors (Lipinski definition) is 6.